The van der Waals surface area contributed by atoms with E-state index in [9.17, 15) is 5.11 Å². The van der Waals surface area contributed by atoms with Crippen molar-refractivity contribution < 1.29 is 5.11 Å². The van der Waals surface area contributed by atoms with Gasteiger partial charge in [0.15, 0.2) is 0 Å². The van der Waals surface area contributed by atoms with Crippen molar-refractivity contribution in [2.45, 2.75) is 19.4 Å². The average molecular weight is 241 g/mol. The van der Waals surface area contributed by atoms with E-state index in [1.54, 1.807) is 0 Å². The van der Waals surface area contributed by atoms with E-state index >= 15 is 0 Å². The molecule has 0 saturated carbocycles. The summed E-state index contributed by atoms with van der Waals surface area (Å²) in [6, 6.07) is 7.87. The van der Waals surface area contributed by atoms with Crippen molar-refractivity contribution in [3.63, 3.8) is 0 Å². The van der Waals surface area contributed by atoms with Crippen LogP contribution in [0, 0.1) is 6.92 Å². The molecule has 0 spiro atoms. The molecule has 0 aliphatic heterocycles. The minimum absolute atomic E-state index is 0.452. The number of hydrogen-bond donors (Lipinski definition) is 1. The molecule has 1 aromatic carbocycles. The van der Waals surface area contributed by atoms with Gasteiger partial charge in [-0.05, 0) is 17.0 Å². The monoisotopic (exact) mass is 240 g/mol. The SMILES string of the molecule is C=C(Br)C[C@H](O)c1cccc(C)c1. The lowest BCUT2D eigenvalue weighted by molar-refractivity contribution is 0.181. The van der Waals surface area contributed by atoms with Crippen LogP contribution in [0.3, 0.4) is 0 Å². The third-order valence-corrected chi connectivity index (χ3v) is 2.17. The van der Waals surface area contributed by atoms with Gasteiger partial charge in [-0.25, -0.2) is 0 Å². The maximum absolute atomic E-state index is 9.72. The third kappa shape index (κ3) is 3.33. The minimum Gasteiger partial charge on any atom is -0.388 e. The topological polar surface area (TPSA) is 20.2 Å². The van der Waals surface area contributed by atoms with Crippen molar-refractivity contribution in [3.05, 3.63) is 46.5 Å². The standard InChI is InChI=1S/C11H13BrO/c1-8-4-3-5-10(6-8)11(13)7-9(2)12/h3-6,11,13H,2,7H2,1H3/t11-/m0/s1. The molecule has 2 heteroatoms. The number of hydrogen-bond acceptors (Lipinski definition) is 1. The normalized spacial score (nSPS) is 12.5. The van der Waals surface area contributed by atoms with E-state index in [4.69, 9.17) is 0 Å². The predicted molar refractivity (Wildman–Crippen MR) is 58.8 cm³/mol. The molecule has 1 atom stereocenters. The lowest BCUT2D eigenvalue weighted by atomic mass is 10.0. The first-order valence-electron chi connectivity index (χ1n) is 4.17. The van der Waals surface area contributed by atoms with Crippen LogP contribution in [0.2, 0.25) is 0 Å². The predicted octanol–water partition coefficient (Wildman–Crippen LogP) is 3.33. The van der Waals surface area contributed by atoms with Gasteiger partial charge in [0.1, 0.15) is 0 Å². The first-order valence-corrected chi connectivity index (χ1v) is 4.97. The lowest BCUT2D eigenvalue weighted by Crippen LogP contribution is -1.96. The molecule has 1 rings (SSSR count). The summed E-state index contributed by atoms with van der Waals surface area (Å²) in [5.74, 6) is 0. The van der Waals surface area contributed by atoms with Gasteiger partial charge < -0.3 is 5.11 Å². The molecule has 1 aromatic rings. The van der Waals surface area contributed by atoms with Gasteiger partial charge in [-0.2, -0.15) is 0 Å². The van der Waals surface area contributed by atoms with Crippen LogP contribution in [0.25, 0.3) is 0 Å². The highest BCUT2D eigenvalue weighted by Crippen LogP contribution is 2.23. The maximum Gasteiger partial charge on any atom is 0.0835 e. The van der Waals surface area contributed by atoms with Gasteiger partial charge in [0.05, 0.1) is 6.10 Å². The van der Waals surface area contributed by atoms with Crippen molar-refractivity contribution in [3.8, 4) is 0 Å². The smallest absolute Gasteiger partial charge is 0.0835 e. The summed E-state index contributed by atoms with van der Waals surface area (Å²) < 4.78 is 0.821. The molecule has 13 heavy (non-hydrogen) atoms. The van der Waals surface area contributed by atoms with Gasteiger partial charge in [0.25, 0.3) is 0 Å². The maximum atomic E-state index is 9.72. The van der Waals surface area contributed by atoms with Crippen molar-refractivity contribution in [2.24, 2.45) is 0 Å². The molecule has 0 radical (unpaired) electrons. The zero-order valence-electron chi connectivity index (χ0n) is 7.63. The molecule has 0 aliphatic carbocycles. The Morgan fingerprint density at radius 2 is 2.31 bits per heavy atom. The first-order chi connectivity index (χ1) is 6.09. The highest BCUT2D eigenvalue weighted by atomic mass is 79.9. The number of aliphatic hydroxyl groups is 1. The Morgan fingerprint density at radius 3 is 2.85 bits per heavy atom. The van der Waals surface area contributed by atoms with Crippen molar-refractivity contribution in [2.75, 3.05) is 0 Å². The third-order valence-electron chi connectivity index (χ3n) is 1.84. The fourth-order valence-electron chi connectivity index (χ4n) is 1.21. The summed E-state index contributed by atoms with van der Waals surface area (Å²) in [6.45, 7) is 5.71. The number of aliphatic hydroxyl groups excluding tert-OH is 1. The van der Waals surface area contributed by atoms with E-state index in [0.717, 1.165) is 15.6 Å². The van der Waals surface area contributed by atoms with Gasteiger partial charge in [-0.15, -0.1) is 0 Å². The molecule has 0 heterocycles. The Kier molecular flexibility index (Phi) is 3.70. The van der Waals surface area contributed by atoms with Gasteiger partial charge in [0.2, 0.25) is 0 Å². The number of rotatable bonds is 3. The molecule has 0 fully saturated rings. The summed E-state index contributed by atoms with van der Waals surface area (Å²) in [5, 5.41) is 9.72. The van der Waals surface area contributed by atoms with Crippen LogP contribution in [0.5, 0.6) is 0 Å². The van der Waals surface area contributed by atoms with Crippen LogP contribution in [0.15, 0.2) is 35.3 Å². The van der Waals surface area contributed by atoms with Crippen LogP contribution in [-0.4, -0.2) is 5.11 Å². The molecule has 1 N–H and O–H groups in total. The second kappa shape index (κ2) is 4.58. The minimum atomic E-state index is -0.452. The number of halogens is 1. The highest BCUT2D eigenvalue weighted by molar-refractivity contribution is 9.11. The van der Waals surface area contributed by atoms with E-state index < -0.39 is 6.10 Å². The molecular formula is C11H13BrO. The fourth-order valence-corrected chi connectivity index (χ4v) is 1.51. The number of benzene rings is 1. The quantitative estimate of drug-likeness (QED) is 0.860. The van der Waals surface area contributed by atoms with Crippen LogP contribution >= 0.6 is 15.9 Å². The lowest BCUT2D eigenvalue weighted by Gasteiger charge is -2.10. The molecule has 70 valence electrons. The molecule has 0 aliphatic rings. The Labute approximate surface area is 87.2 Å². The summed E-state index contributed by atoms with van der Waals surface area (Å²) >= 11 is 3.24. The summed E-state index contributed by atoms with van der Waals surface area (Å²) in [6.07, 6.45) is 0.107. The Morgan fingerprint density at radius 1 is 1.62 bits per heavy atom. The highest BCUT2D eigenvalue weighted by Gasteiger charge is 2.07. The van der Waals surface area contributed by atoms with E-state index in [1.807, 2.05) is 31.2 Å². The molecule has 0 bridgehead atoms. The first kappa shape index (κ1) is 10.5. The molecule has 0 aromatic heterocycles. The second-order valence-corrected chi connectivity index (χ2v) is 4.27. The van der Waals surface area contributed by atoms with E-state index in [-0.39, 0.29) is 0 Å². The molecule has 0 amide bonds. The summed E-state index contributed by atoms with van der Waals surface area (Å²) in [5.41, 5.74) is 2.11. The van der Waals surface area contributed by atoms with E-state index in [1.165, 1.54) is 0 Å². The average Bonchev–Trinajstić information content (AvgIpc) is 2.03. The van der Waals surface area contributed by atoms with Gasteiger partial charge >= 0.3 is 0 Å². The second-order valence-electron chi connectivity index (χ2n) is 3.15. The van der Waals surface area contributed by atoms with Gasteiger partial charge in [-0.3, -0.25) is 0 Å². The van der Waals surface area contributed by atoms with Crippen LogP contribution in [-0.2, 0) is 0 Å². The Hall–Kier alpha value is -0.600. The summed E-state index contributed by atoms with van der Waals surface area (Å²) in [7, 11) is 0. The molecule has 1 nitrogen and oxygen atoms in total. The van der Waals surface area contributed by atoms with Gasteiger partial charge in [0, 0.05) is 6.42 Å². The molecule has 0 unspecified atom stereocenters. The van der Waals surface area contributed by atoms with Crippen molar-refractivity contribution in [1.29, 1.82) is 0 Å². The van der Waals surface area contributed by atoms with Crippen molar-refractivity contribution in [1.82, 2.24) is 0 Å². The van der Waals surface area contributed by atoms with Gasteiger partial charge in [-0.1, -0.05) is 52.3 Å². The van der Waals surface area contributed by atoms with E-state index in [2.05, 4.69) is 22.5 Å². The van der Waals surface area contributed by atoms with Crippen LogP contribution in [0.4, 0.5) is 0 Å². The number of aryl methyl sites for hydroxylation is 1. The van der Waals surface area contributed by atoms with Crippen molar-refractivity contribution >= 4 is 15.9 Å². The van der Waals surface area contributed by atoms with Crippen LogP contribution < -0.4 is 0 Å². The Bertz CT molecular complexity index is 307. The van der Waals surface area contributed by atoms with Crippen LogP contribution in [0.1, 0.15) is 23.7 Å². The fraction of sp³-hybridized carbons (Fsp3) is 0.273. The van der Waals surface area contributed by atoms with E-state index in [0.29, 0.717) is 6.42 Å². The summed E-state index contributed by atoms with van der Waals surface area (Å²) in [4.78, 5) is 0. The zero-order valence-corrected chi connectivity index (χ0v) is 9.21. The zero-order chi connectivity index (χ0) is 9.84. The largest absolute Gasteiger partial charge is 0.388 e. The molecular weight excluding hydrogens is 228 g/mol. The Balaban J connectivity index is 2.76. The molecule has 0 saturated heterocycles.